The molecule has 1 amide bonds. The molecule has 0 saturated heterocycles. The van der Waals surface area contributed by atoms with E-state index in [-0.39, 0.29) is 23.5 Å². The Morgan fingerprint density at radius 2 is 2.07 bits per heavy atom. The van der Waals surface area contributed by atoms with Crippen molar-refractivity contribution in [1.29, 1.82) is 0 Å². The summed E-state index contributed by atoms with van der Waals surface area (Å²) < 4.78 is 29.4. The Bertz CT molecular complexity index is 936. The number of aromatic amines is 1. The molecule has 2 aromatic rings. The third kappa shape index (κ3) is 3.41. The molecular weight excluding hydrogens is 366 g/mol. The van der Waals surface area contributed by atoms with Crippen LogP contribution in [0.3, 0.4) is 0 Å². The van der Waals surface area contributed by atoms with E-state index in [4.69, 9.17) is 0 Å². The van der Waals surface area contributed by atoms with Crippen LogP contribution in [-0.4, -0.2) is 23.3 Å². The van der Waals surface area contributed by atoms with Gasteiger partial charge in [-0.2, -0.15) is 8.78 Å². The lowest BCUT2D eigenvalue weighted by molar-refractivity contribution is -0.0499. The molecule has 5 nitrogen and oxygen atoms in total. The van der Waals surface area contributed by atoms with Crippen LogP contribution in [0.2, 0.25) is 0 Å². The third-order valence-electron chi connectivity index (χ3n) is 5.62. The lowest BCUT2D eigenvalue weighted by atomic mass is 9.87. The highest BCUT2D eigenvalue weighted by Crippen LogP contribution is 2.33. The number of alkyl halides is 2. The third-order valence-corrected chi connectivity index (χ3v) is 5.62. The van der Waals surface area contributed by atoms with Crippen molar-refractivity contribution in [2.45, 2.75) is 58.1 Å². The number of fused-ring (bicyclic) bond motifs is 2. The minimum Gasteiger partial charge on any atom is -0.435 e. The first kappa shape index (κ1) is 18.7. The lowest BCUT2D eigenvalue weighted by Gasteiger charge is -2.27. The standard InChI is InChI=1S/C21H22F2N2O3/c1-11-18-16(6-3-7-17(18)26)24-19(11)20(27)25-15-5-2-4-12-10-13(28-21(22)23)8-9-14(12)15/h8-10,15,21,24H,2-7H2,1H3,(H,25,27). The molecule has 1 heterocycles. The fraction of sp³-hybridized carbons (Fsp3) is 0.429. The van der Waals surface area contributed by atoms with Crippen LogP contribution in [0, 0.1) is 6.92 Å². The summed E-state index contributed by atoms with van der Waals surface area (Å²) >= 11 is 0. The molecular formula is C21H22F2N2O3. The minimum absolute atomic E-state index is 0.0867. The van der Waals surface area contributed by atoms with Crippen LogP contribution in [0.5, 0.6) is 5.75 Å². The van der Waals surface area contributed by atoms with Gasteiger partial charge in [0.25, 0.3) is 5.91 Å². The lowest BCUT2D eigenvalue weighted by Crippen LogP contribution is -2.31. The summed E-state index contributed by atoms with van der Waals surface area (Å²) in [7, 11) is 0. The molecule has 28 heavy (non-hydrogen) atoms. The number of aromatic nitrogens is 1. The van der Waals surface area contributed by atoms with Crippen molar-refractivity contribution >= 4 is 11.7 Å². The van der Waals surface area contributed by atoms with E-state index in [9.17, 15) is 18.4 Å². The van der Waals surface area contributed by atoms with Crippen LogP contribution < -0.4 is 10.1 Å². The van der Waals surface area contributed by atoms with Crippen LogP contribution in [0.25, 0.3) is 0 Å². The average Bonchev–Trinajstić information content (AvgIpc) is 2.99. The van der Waals surface area contributed by atoms with Crippen molar-refractivity contribution in [3.63, 3.8) is 0 Å². The molecule has 1 unspecified atom stereocenters. The van der Waals surface area contributed by atoms with Gasteiger partial charge >= 0.3 is 6.61 Å². The van der Waals surface area contributed by atoms with Gasteiger partial charge in [0.2, 0.25) is 0 Å². The average molecular weight is 388 g/mol. The number of benzene rings is 1. The predicted molar refractivity (Wildman–Crippen MR) is 99.0 cm³/mol. The smallest absolute Gasteiger partial charge is 0.387 e. The van der Waals surface area contributed by atoms with Crippen molar-refractivity contribution in [2.24, 2.45) is 0 Å². The number of halogens is 2. The zero-order chi connectivity index (χ0) is 19.8. The van der Waals surface area contributed by atoms with Crippen molar-refractivity contribution < 1.29 is 23.1 Å². The number of Topliss-reactive ketones (excluding diaryl/α,β-unsaturated/α-hetero) is 1. The number of nitrogens with one attached hydrogen (secondary N) is 2. The first-order valence-electron chi connectivity index (χ1n) is 9.57. The molecule has 0 bridgehead atoms. The monoisotopic (exact) mass is 388 g/mol. The summed E-state index contributed by atoms with van der Waals surface area (Å²) in [6.07, 6.45) is 4.46. The van der Waals surface area contributed by atoms with E-state index in [0.717, 1.165) is 48.9 Å². The number of hydrogen-bond acceptors (Lipinski definition) is 3. The van der Waals surface area contributed by atoms with Gasteiger partial charge in [0.1, 0.15) is 11.4 Å². The zero-order valence-electron chi connectivity index (χ0n) is 15.6. The van der Waals surface area contributed by atoms with Gasteiger partial charge in [-0.25, -0.2) is 0 Å². The first-order chi connectivity index (χ1) is 13.4. The number of ketones is 1. The fourth-order valence-corrected chi connectivity index (χ4v) is 4.35. The van der Waals surface area contributed by atoms with Crippen molar-refractivity contribution in [1.82, 2.24) is 10.3 Å². The number of aryl methyl sites for hydroxylation is 2. The fourth-order valence-electron chi connectivity index (χ4n) is 4.35. The number of carbonyl (C=O) groups excluding carboxylic acids is 2. The Labute approximate surface area is 161 Å². The van der Waals surface area contributed by atoms with E-state index in [1.807, 2.05) is 0 Å². The highest BCUT2D eigenvalue weighted by Gasteiger charge is 2.28. The van der Waals surface area contributed by atoms with Gasteiger partial charge < -0.3 is 15.0 Å². The summed E-state index contributed by atoms with van der Waals surface area (Å²) in [4.78, 5) is 28.2. The summed E-state index contributed by atoms with van der Waals surface area (Å²) in [5.41, 5.74) is 4.48. The molecule has 2 aliphatic carbocycles. The first-order valence-corrected chi connectivity index (χ1v) is 9.57. The molecule has 2 N–H and O–H groups in total. The molecule has 0 saturated carbocycles. The van der Waals surface area contributed by atoms with Gasteiger partial charge in [0, 0.05) is 17.7 Å². The zero-order valence-corrected chi connectivity index (χ0v) is 15.6. The maximum Gasteiger partial charge on any atom is 0.387 e. The van der Waals surface area contributed by atoms with Crippen LogP contribution in [0.15, 0.2) is 18.2 Å². The maximum absolute atomic E-state index is 12.9. The van der Waals surface area contributed by atoms with E-state index in [2.05, 4.69) is 15.0 Å². The maximum atomic E-state index is 12.9. The van der Waals surface area contributed by atoms with Gasteiger partial charge in [-0.05, 0) is 67.9 Å². The summed E-state index contributed by atoms with van der Waals surface area (Å²) in [5.74, 6) is -0.0267. The second kappa shape index (κ2) is 7.37. The summed E-state index contributed by atoms with van der Waals surface area (Å²) in [5, 5.41) is 3.05. The van der Waals surface area contributed by atoms with Crippen LogP contribution in [0.4, 0.5) is 8.78 Å². The normalized spacial score (nSPS) is 18.6. The Kier molecular flexibility index (Phi) is 4.91. The highest BCUT2D eigenvalue weighted by atomic mass is 19.3. The SMILES string of the molecule is Cc1c(C(=O)NC2CCCc3cc(OC(F)F)ccc32)[nH]c2c1C(=O)CCC2. The molecule has 1 atom stereocenters. The van der Waals surface area contributed by atoms with Crippen LogP contribution in [-0.2, 0) is 12.8 Å². The van der Waals surface area contributed by atoms with Crippen LogP contribution >= 0.6 is 0 Å². The summed E-state index contributed by atoms with van der Waals surface area (Å²) in [6, 6.07) is 4.67. The molecule has 148 valence electrons. The van der Waals surface area contributed by atoms with Gasteiger partial charge in [-0.3, -0.25) is 9.59 Å². The van der Waals surface area contributed by atoms with E-state index in [0.29, 0.717) is 23.2 Å². The molecule has 7 heteroatoms. The molecule has 1 aromatic heterocycles. The number of H-pyrrole nitrogens is 1. The topological polar surface area (TPSA) is 71.2 Å². The number of carbonyl (C=O) groups is 2. The number of rotatable bonds is 4. The summed E-state index contributed by atoms with van der Waals surface area (Å²) in [6.45, 7) is -1.06. The Morgan fingerprint density at radius 1 is 1.25 bits per heavy atom. The van der Waals surface area contributed by atoms with Gasteiger partial charge in [-0.1, -0.05) is 6.07 Å². The van der Waals surface area contributed by atoms with Crippen LogP contribution in [0.1, 0.15) is 75.0 Å². The van der Waals surface area contributed by atoms with Gasteiger partial charge in [0.15, 0.2) is 5.78 Å². The Balaban J connectivity index is 1.56. The van der Waals surface area contributed by atoms with Gasteiger partial charge in [-0.15, -0.1) is 0 Å². The number of amides is 1. The number of ether oxygens (including phenoxy) is 1. The van der Waals surface area contributed by atoms with E-state index >= 15 is 0 Å². The van der Waals surface area contributed by atoms with E-state index in [1.54, 1.807) is 19.1 Å². The molecule has 0 aliphatic heterocycles. The second-order valence-electron chi connectivity index (χ2n) is 7.41. The largest absolute Gasteiger partial charge is 0.435 e. The highest BCUT2D eigenvalue weighted by molar-refractivity contribution is 6.04. The molecule has 4 rings (SSSR count). The molecule has 0 fully saturated rings. The Hall–Kier alpha value is -2.70. The van der Waals surface area contributed by atoms with Crippen molar-refractivity contribution in [3.05, 3.63) is 51.8 Å². The van der Waals surface area contributed by atoms with E-state index in [1.165, 1.54) is 6.07 Å². The second-order valence-corrected chi connectivity index (χ2v) is 7.41. The molecule has 0 radical (unpaired) electrons. The number of hydrogen-bond donors (Lipinski definition) is 2. The minimum atomic E-state index is -2.86. The van der Waals surface area contributed by atoms with Crippen molar-refractivity contribution in [2.75, 3.05) is 0 Å². The van der Waals surface area contributed by atoms with Gasteiger partial charge in [0.05, 0.1) is 6.04 Å². The van der Waals surface area contributed by atoms with Crippen molar-refractivity contribution in [3.8, 4) is 5.75 Å². The Morgan fingerprint density at radius 3 is 2.82 bits per heavy atom. The molecule has 0 spiro atoms. The van der Waals surface area contributed by atoms with E-state index < -0.39 is 6.61 Å². The predicted octanol–water partition coefficient (Wildman–Crippen LogP) is 4.25. The molecule has 2 aliphatic rings. The molecule has 1 aromatic carbocycles. The quantitative estimate of drug-likeness (QED) is 0.823.